The summed E-state index contributed by atoms with van der Waals surface area (Å²) in [6.07, 6.45) is -4.52. The minimum Gasteiger partial charge on any atom is -0.326 e. The van der Waals surface area contributed by atoms with Crippen molar-refractivity contribution in [3.63, 3.8) is 0 Å². The zero-order valence-electron chi connectivity index (χ0n) is 17.8. The molecule has 36 heavy (non-hydrogen) atoms. The Morgan fingerprint density at radius 3 is 2.08 bits per heavy atom. The molecular weight excluding hydrogens is 550 g/mol. The lowest BCUT2D eigenvalue weighted by Gasteiger charge is -2.11. The fourth-order valence-electron chi connectivity index (χ4n) is 3.74. The van der Waals surface area contributed by atoms with Gasteiger partial charge in [0.15, 0.2) is 0 Å². The standard InChI is InChI=1S/C24H14Cl3F5N2O2/c25-15-9-8-13(10-14(15)21(35)34-20-16(28)2-1-3-17(20)29)33-22(36)19-18(23(19,26)27)11-4-6-12(7-5-11)24(30,31)32/h1-10,18-19H,(H,33,36)(H,34,35)/t18-,19+/m1/s1. The second-order valence-electron chi connectivity index (χ2n) is 7.98. The molecule has 2 atom stereocenters. The van der Waals surface area contributed by atoms with Crippen molar-refractivity contribution >= 4 is 58.0 Å². The first-order valence-electron chi connectivity index (χ1n) is 10.2. The van der Waals surface area contributed by atoms with E-state index in [1.54, 1.807) is 0 Å². The van der Waals surface area contributed by atoms with Crippen LogP contribution in [0.4, 0.5) is 33.3 Å². The Labute approximate surface area is 216 Å². The number of anilines is 2. The molecule has 1 fully saturated rings. The van der Waals surface area contributed by atoms with Crippen molar-refractivity contribution in [3.8, 4) is 0 Å². The van der Waals surface area contributed by atoms with E-state index in [1.807, 2.05) is 0 Å². The quantitative estimate of drug-likeness (QED) is 0.251. The highest BCUT2D eigenvalue weighted by molar-refractivity contribution is 6.53. The highest BCUT2D eigenvalue weighted by Crippen LogP contribution is 2.65. The first-order valence-corrected chi connectivity index (χ1v) is 11.3. The van der Waals surface area contributed by atoms with Crippen LogP contribution in [0, 0.1) is 17.6 Å². The van der Waals surface area contributed by atoms with Crippen molar-refractivity contribution in [2.45, 2.75) is 16.4 Å². The molecule has 2 N–H and O–H groups in total. The number of amides is 2. The summed E-state index contributed by atoms with van der Waals surface area (Å²) in [5.74, 6) is -5.35. The summed E-state index contributed by atoms with van der Waals surface area (Å²) in [5.41, 5.74) is -1.26. The predicted octanol–water partition coefficient (Wildman–Crippen LogP) is 7.42. The molecular formula is C24H14Cl3F5N2O2. The number of rotatable bonds is 5. The summed E-state index contributed by atoms with van der Waals surface area (Å²) in [7, 11) is 0. The van der Waals surface area contributed by atoms with Gasteiger partial charge in [-0.1, -0.05) is 29.8 Å². The van der Waals surface area contributed by atoms with Gasteiger partial charge in [0.25, 0.3) is 5.91 Å². The van der Waals surface area contributed by atoms with E-state index in [9.17, 15) is 31.5 Å². The van der Waals surface area contributed by atoms with E-state index in [0.29, 0.717) is 5.56 Å². The average molecular weight is 564 g/mol. The molecule has 0 aromatic heterocycles. The van der Waals surface area contributed by atoms with E-state index >= 15 is 0 Å². The molecule has 3 aromatic carbocycles. The first kappa shape index (κ1) is 26.2. The Morgan fingerprint density at radius 2 is 1.50 bits per heavy atom. The molecule has 3 aromatic rings. The van der Waals surface area contributed by atoms with Crippen molar-refractivity contribution in [2.24, 2.45) is 5.92 Å². The number of hydrogen-bond acceptors (Lipinski definition) is 2. The zero-order valence-corrected chi connectivity index (χ0v) is 20.0. The molecule has 0 heterocycles. The summed E-state index contributed by atoms with van der Waals surface area (Å²) in [5, 5.41) is 4.57. The Kier molecular flexibility index (Phi) is 6.94. The van der Waals surface area contributed by atoms with E-state index < -0.39 is 57.0 Å². The molecule has 1 saturated carbocycles. The fourth-order valence-corrected chi connectivity index (χ4v) is 4.77. The summed E-state index contributed by atoms with van der Waals surface area (Å²) in [6.45, 7) is 0. The van der Waals surface area contributed by atoms with Crippen LogP contribution in [-0.2, 0) is 11.0 Å². The van der Waals surface area contributed by atoms with Crippen LogP contribution in [0.3, 0.4) is 0 Å². The van der Waals surface area contributed by atoms with Gasteiger partial charge in [-0.2, -0.15) is 13.2 Å². The van der Waals surface area contributed by atoms with Crippen LogP contribution in [0.1, 0.15) is 27.4 Å². The number of para-hydroxylation sites is 1. The molecule has 4 nitrogen and oxygen atoms in total. The summed E-state index contributed by atoms with van der Waals surface area (Å²) in [4.78, 5) is 25.5. The van der Waals surface area contributed by atoms with E-state index in [2.05, 4.69) is 10.6 Å². The van der Waals surface area contributed by atoms with Crippen LogP contribution in [0.5, 0.6) is 0 Å². The molecule has 4 rings (SSSR count). The van der Waals surface area contributed by atoms with Gasteiger partial charge < -0.3 is 10.6 Å². The van der Waals surface area contributed by atoms with Gasteiger partial charge in [0.1, 0.15) is 21.7 Å². The molecule has 2 amide bonds. The van der Waals surface area contributed by atoms with Crippen molar-refractivity contribution < 1.29 is 31.5 Å². The zero-order chi connectivity index (χ0) is 26.4. The van der Waals surface area contributed by atoms with Gasteiger partial charge in [-0.3, -0.25) is 9.59 Å². The normalized spacial score (nSPS) is 18.4. The number of alkyl halides is 5. The predicted molar refractivity (Wildman–Crippen MR) is 127 cm³/mol. The van der Waals surface area contributed by atoms with Crippen molar-refractivity contribution in [3.05, 3.63) is 94.0 Å². The minimum absolute atomic E-state index is 0.0552. The number of nitrogens with one attached hydrogen (secondary N) is 2. The molecule has 0 bridgehead atoms. The lowest BCUT2D eigenvalue weighted by molar-refractivity contribution is -0.137. The third-order valence-corrected chi connectivity index (χ3v) is 6.88. The maximum absolute atomic E-state index is 13.9. The Morgan fingerprint density at radius 1 is 0.889 bits per heavy atom. The molecule has 0 saturated heterocycles. The summed E-state index contributed by atoms with van der Waals surface area (Å²) in [6, 6.07) is 11.1. The second-order valence-corrected chi connectivity index (χ2v) is 9.84. The third-order valence-electron chi connectivity index (χ3n) is 5.61. The summed E-state index contributed by atoms with van der Waals surface area (Å²) >= 11 is 18.6. The molecule has 1 aliphatic carbocycles. The second kappa shape index (κ2) is 9.53. The van der Waals surface area contributed by atoms with E-state index in [1.165, 1.54) is 30.3 Å². The van der Waals surface area contributed by atoms with Gasteiger partial charge >= 0.3 is 6.18 Å². The largest absolute Gasteiger partial charge is 0.416 e. The SMILES string of the molecule is O=C(Nc1c(F)cccc1F)c1cc(NC(=O)[C@@H]2[C@@H](c3ccc(C(F)(F)F)cc3)C2(Cl)Cl)ccc1Cl. The van der Waals surface area contributed by atoms with Crippen LogP contribution in [0.25, 0.3) is 0 Å². The van der Waals surface area contributed by atoms with E-state index in [-0.39, 0.29) is 16.3 Å². The molecule has 0 unspecified atom stereocenters. The lowest BCUT2D eigenvalue weighted by atomic mass is 10.1. The Balaban J connectivity index is 1.50. The monoisotopic (exact) mass is 562 g/mol. The van der Waals surface area contributed by atoms with Gasteiger partial charge in [-0.15, -0.1) is 23.2 Å². The van der Waals surface area contributed by atoms with Crippen LogP contribution in [0.2, 0.25) is 5.02 Å². The number of carbonyl (C=O) groups is 2. The van der Waals surface area contributed by atoms with Crippen molar-refractivity contribution in [2.75, 3.05) is 10.6 Å². The Hall–Kier alpha value is -2.88. The third kappa shape index (κ3) is 5.14. The van der Waals surface area contributed by atoms with Crippen LogP contribution in [0.15, 0.2) is 60.7 Å². The van der Waals surface area contributed by atoms with Gasteiger partial charge in [0.2, 0.25) is 5.91 Å². The molecule has 0 radical (unpaired) electrons. The van der Waals surface area contributed by atoms with Gasteiger partial charge in [-0.05, 0) is 48.0 Å². The van der Waals surface area contributed by atoms with E-state index in [0.717, 1.165) is 30.3 Å². The number of hydrogen-bond donors (Lipinski definition) is 2. The lowest BCUT2D eigenvalue weighted by Crippen LogP contribution is -2.18. The minimum atomic E-state index is -4.52. The van der Waals surface area contributed by atoms with Crippen molar-refractivity contribution in [1.29, 1.82) is 0 Å². The van der Waals surface area contributed by atoms with Gasteiger partial charge in [-0.25, -0.2) is 8.78 Å². The number of benzene rings is 3. The number of carbonyl (C=O) groups excluding carboxylic acids is 2. The highest BCUT2D eigenvalue weighted by atomic mass is 35.5. The molecule has 188 valence electrons. The molecule has 0 aliphatic heterocycles. The van der Waals surface area contributed by atoms with Gasteiger partial charge in [0.05, 0.1) is 22.1 Å². The Bertz CT molecular complexity index is 1330. The number of halogens is 8. The fraction of sp³-hybridized carbons (Fsp3) is 0.167. The van der Waals surface area contributed by atoms with E-state index in [4.69, 9.17) is 34.8 Å². The van der Waals surface area contributed by atoms with Crippen LogP contribution < -0.4 is 10.6 Å². The smallest absolute Gasteiger partial charge is 0.326 e. The molecule has 1 aliphatic rings. The van der Waals surface area contributed by atoms with Crippen molar-refractivity contribution in [1.82, 2.24) is 0 Å². The van der Waals surface area contributed by atoms with Crippen LogP contribution in [-0.4, -0.2) is 16.1 Å². The maximum Gasteiger partial charge on any atom is 0.416 e. The first-order chi connectivity index (χ1) is 16.8. The average Bonchev–Trinajstić information content (AvgIpc) is 3.39. The molecule has 0 spiro atoms. The highest BCUT2D eigenvalue weighted by Gasteiger charge is 2.67. The van der Waals surface area contributed by atoms with Crippen LogP contribution >= 0.6 is 34.8 Å². The van der Waals surface area contributed by atoms with Gasteiger partial charge in [0, 0.05) is 11.6 Å². The maximum atomic E-state index is 13.9. The topological polar surface area (TPSA) is 58.2 Å². The molecule has 12 heteroatoms. The summed E-state index contributed by atoms with van der Waals surface area (Å²) < 4.78 is 64.7.